The van der Waals surface area contributed by atoms with E-state index in [1.54, 1.807) is 24.0 Å². The first-order valence-electron chi connectivity index (χ1n) is 9.14. The maximum atomic E-state index is 13.0. The number of benzene rings is 1. The maximum Gasteiger partial charge on any atom is 0.254 e. The van der Waals surface area contributed by atoms with Crippen LogP contribution in [-0.4, -0.2) is 69.0 Å². The number of morpholine rings is 1. The largest absolute Gasteiger partial charge is 0.379 e. The average molecular weight is 418 g/mol. The molecular formula is C18H28ClN3O4S. The van der Waals surface area contributed by atoms with Gasteiger partial charge < -0.3 is 15.4 Å². The third-order valence-electron chi connectivity index (χ3n) is 5.18. The maximum absolute atomic E-state index is 13.0. The highest BCUT2D eigenvalue weighted by Gasteiger charge is 2.30. The van der Waals surface area contributed by atoms with Gasteiger partial charge in [0.15, 0.2) is 0 Å². The average Bonchev–Trinajstić information content (AvgIpc) is 2.68. The molecule has 0 radical (unpaired) electrons. The molecule has 2 saturated heterocycles. The highest BCUT2D eigenvalue weighted by molar-refractivity contribution is 7.89. The van der Waals surface area contributed by atoms with Crippen LogP contribution in [0.15, 0.2) is 23.1 Å². The smallest absolute Gasteiger partial charge is 0.254 e. The van der Waals surface area contributed by atoms with Gasteiger partial charge in [-0.25, -0.2) is 8.42 Å². The fraction of sp³-hybridized carbons (Fsp3) is 0.611. The van der Waals surface area contributed by atoms with Crippen LogP contribution >= 0.6 is 12.4 Å². The molecule has 1 aromatic rings. The molecule has 7 nitrogen and oxygen atoms in total. The normalized spacial score (nSPS) is 21.6. The minimum absolute atomic E-state index is 0. The number of nitrogens with zero attached hydrogens (tertiary/aromatic N) is 2. The lowest BCUT2D eigenvalue weighted by atomic mass is 10.0. The first-order chi connectivity index (χ1) is 12.4. The van der Waals surface area contributed by atoms with E-state index in [1.165, 1.54) is 10.4 Å². The van der Waals surface area contributed by atoms with E-state index in [2.05, 4.69) is 0 Å². The standard InChI is InChI=1S/C18H27N3O4S.ClH/c1-14-5-6-15(18(22)21-7-3-2-4-16(21)13-19)12-17(14)26(23,24)20-8-10-25-11-9-20;/h5-6,12,16H,2-4,7-11,13,19H2,1H3;1H. The molecule has 3 rings (SSSR count). The molecule has 2 aliphatic rings. The quantitative estimate of drug-likeness (QED) is 0.799. The minimum Gasteiger partial charge on any atom is -0.379 e. The number of piperidine rings is 1. The molecular weight excluding hydrogens is 390 g/mol. The molecule has 2 heterocycles. The second-order valence-corrected chi connectivity index (χ2v) is 8.79. The van der Waals surface area contributed by atoms with Crippen molar-refractivity contribution in [3.63, 3.8) is 0 Å². The van der Waals surface area contributed by atoms with Gasteiger partial charge in [0.2, 0.25) is 10.0 Å². The van der Waals surface area contributed by atoms with Crippen molar-refractivity contribution < 1.29 is 17.9 Å². The Morgan fingerprint density at radius 3 is 2.59 bits per heavy atom. The third kappa shape index (κ3) is 4.63. The van der Waals surface area contributed by atoms with Crippen LogP contribution in [0.2, 0.25) is 0 Å². The second kappa shape index (κ2) is 9.34. The van der Waals surface area contributed by atoms with Crippen molar-refractivity contribution in [2.75, 3.05) is 39.4 Å². The molecule has 1 aromatic carbocycles. The summed E-state index contributed by atoms with van der Waals surface area (Å²) in [5.41, 5.74) is 6.87. The number of carbonyl (C=O) groups excluding carboxylic acids is 1. The zero-order chi connectivity index (χ0) is 18.7. The molecule has 152 valence electrons. The monoisotopic (exact) mass is 417 g/mol. The summed E-state index contributed by atoms with van der Waals surface area (Å²) in [7, 11) is -3.64. The number of ether oxygens (including phenoxy) is 1. The van der Waals surface area contributed by atoms with Gasteiger partial charge in [-0.1, -0.05) is 6.07 Å². The summed E-state index contributed by atoms with van der Waals surface area (Å²) in [6.07, 6.45) is 2.91. The van der Waals surface area contributed by atoms with E-state index in [0.29, 0.717) is 50.5 Å². The summed E-state index contributed by atoms with van der Waals surface area (Å²) in [6.45, 7) is 4.30. The van der Waals surface area contributed by atoms with Crippen molar-refractivity contribution in [1.82, 2.24) is 9.21 Å². The molecule has 2 aliphatic heterocycles. The van der Waals surface area contributed by atoms with E-state index < -0.39 is 10.0 Å². The van der Waals surface area contributed by atoms with E-state index in [-0.39, 0.29) is 29.3 Å². The summed E-state index contributed by atoms with van der Waals surface area (Å²) < 4.78 is 32.7. The van der Waals surface area contributed by atoms with Crippen molar-refractivity contribution in [3.05, 3.63) is 29.3 Å². The number of hydrogen-bond donors (Lipinski definition) is 1. The summed E-state index contributed by atoms with van der Waals surface area (Å²) in [4.78, 5) is 15.0. The van der Waals surface area contributed by atoms with Crippen LogP contribution in [0.1, 0.15) is 35.2 Å². The number of nitrogens with two attached hydrogens (primary N) is 1. The van der Waals surface area contributed by atoms with Crippen LogP contribution < -0.4 is 5.73 Å². The molecule has 0 aliphatic carbocycles. The Morgan fingerprint density at radius 1 is 1.22 bits per heavy atom. The van der Waals surface area contributed by atoms with E-state index >= 15 is 0 Å². The SMILES string of the molecule is Cc1ccc(C(=O)N2CCCCC2CN)cc1S(=O)(=O)N1CCOCC1.Cl. The zero-order valence-electron chi connectivity index (χ0n) is 15.6. The fourth-order valence-corrected chi connectivity index (χ4v) is 5.27. The van der Waals surface area contributed by atoms with Gasteiger partial charge in [-0.15, -0.1) is 12.4 Å². The Bertz CT molecular complexity index is 766. The Balaban J connectivity index is 0.00000261. The molecule has 1 unspecified atom stereocenters. The molecule has 1 amide bonds. The number of likely N-dealkylation sites (tertiary alicyclic amines) is 1. The Kier molecular flexibility index (Phi) is 7.64. The minimum atomic E-state index is -3.64. The molecule has 0 spiro atoms. The van der Waals surface area contributed by atoms with Gasteiger partial charge in [-0.05, 0) is 43.9 Å². The number of sulfonamides is 1. The van der Waals surface area contributed by atoms with Gasteiger partial charge in [-0.2, -0.15) is 4.31 Å². The number of aryl methyl sites for hydroxylation is 1. The van der Waals surface area contributed by atoms with Crippen LogP contribution in [0, 0.1) is 6.92 Å². The summed E-state index contributed by atoms with van der Waals surface area (Å²) >= 11 is 0. The van der Waals surface area contributed by atoms with Gasteiger partial charge in [0.1, 0.15) is 0 Å². The van der Waals surface area contributed by atoms with Gasteiger partial charge in [0.05, 0.1) is 18.1 Å². The first kappa shape index (κ1) is 22.1. The molecule has 0 saturated carbocycles. The lowest BCUT2D eigenvalue weighted by Crippen LogP contribution is -2.47. The highest BCUT2D eigenvalue weighted by Crippen LogP contribution is 2.25. The van der Waals surface area contributed by atoms with Crippen molar-refractivity contribution in [2.45, 2.75) is 37.1 Å². The summed E-state index contributed by atoms with van der Waals surface area (Å²) in [6, 6.07) is 4.96. The number of carbonyl (C=O) groups is 1. The second-order valence-electron chi connectivity index (χ2n) is 6.88. The third-order valence-corrected chi connectivity index (χ3v) is 7.22. The fourth-order valence-electron chi connectivity index (χ4n) is 3.62. The Labute approximate surface area is 167 Å². The van der Waals surface area contributed by atoms with Crippen molar-refractivity contribution in [3.8, 4) is 0 Å². The lowest BCUT2D eigenvalue weighted by Gasteiger charge is -2.35. The van der Waals surface area contributed by atoms with E-state index in [0.717, 1.165) is 19.3 Å². The highest BCUT2D eigenvalue weighted by atomic mass is 35.5. The number of amides is 1. The van der Waals surface area contributed by atoms with Crippen LogP contribution in [0.25, 0.3) is 0 Å². The molecule has 9 heteroatoms. The molecule has 1 atom stereocenters. The number of halogens is 1. The van der Waals surface area contributed by atoms with Crippen LogP contribution in [-0.2, 0) is 14.8 Å². The van der Waals surface area contributed by atoms with Crippen LogP contribution in [0.5, 0.6) is 0 Å². The van der Waals surface area contributed by atoms with Crippen LogP contribution in [0.4, 0.5) is 0 Å². The van der Waals surface area contributed by atoms with Gasteiger partial charge in [0, 0.05) is 37.8 Å². The lowest BCUT2D eigenvalue weighted by molar-refractivity contribution is 0.0623. The molecule has 0 aromatic heterocycles. The van der Waals surface area contributed by atoms with E-state index in [9.17, 15) is 13.2 Å². The predicted molar refractivity (Wildman–Crippen MR) is 106 cm³/mol. The Morgan fingerprint density at radius 2 is 1.93 bits per heavy atom. The summed E-state index contributed by atoms with van der Waals surface area (Å²) in [5, 5.41) is 0. The van der Waals surface area contributed by atoms with Crippen molar-refractivity contribution >= 4 is 28.3 Å². The van der Waals surface area contributed by atoms with Crippen molar-refractivity contribution in [1.29, 1.82) is 0 Å². The zero-order valence-corrected chi connectivity index (χ0v) is 17.2. The molecule has 2 N–H and O–H groups in total. The summed E-state index contributed by atoms with van der Waals surface area (Å²) in [5.74, 6) is -0.140. The Hall–Kier alpha value is -1.19. The number of hydrogen-bond acceptors (Lipinski definition) is 5. The molecule has 2 fully saturated rings. The van der Waals surface area contributed by atoms with E-state index in [4.69, 9.17) is 10.5 Å². The molecule has 0 bridgehead atoms. The van der Waals surface area contributed by atoms with Gasteiger partial charge >= 0.3 is 0 Å². The topological polar surface area (TPSA) is 92.9 Å². The van der Waals surface area contributed by atoms with E-state index in [1.807, 2.05) is 0 Å². The van der Waals surface area contributed by atoms with Crippen LogP contribution in [0.3, 0.4) is 0 Å². The molecule has 27 heavy (non-hydrogen) atoms. The number of rotatable bonds is 4. The first-order valence-corrected chi connectivity index (χ1v) is 10.6. The predicted octanol–water partition coefficient (Wildman–Crippen LogP) is 1.39. The van der Waals surface area contributed by atoms with Crippen molar-refractivity contribution in [2.24, 2.45) is 5.73 Å². The van der Waals surface area contributed by atoms with Gasteiger partial charge in [0.25, 0.3) is 5.91 Å². The van der Waals surface area contributed by atoms with Gasteiger partial charge in [-0.3, -0.25) is 4.79 Å².